The molecule has 0 saturated heterocycles. The van der Waals surface area contributed by atoms with E-state index in [1.165, 1.54) is 0 Å². The zero-order valence-corrected chi connectivity index (χ0v) is 10.3. The van der Waals surface area contributed by atoms with Crippen LogP contribution in [0, 0.1) is 0 Å². The summed E-state index contributed by atoms with van der Waals surface area (Å²) < 4.78 is 5.40. The number of hydrogen-bond acceptors (Lipinski definition) is 3. The third-order valence-electron chi connectivity index (χ3n) is 2.44. The maximum absolute atomic E-state index is 5.40. The van der Waals surface area contributed by atoms with Crippen molar-refractivity contribution in [2.24, 2.45) is 0 Å². The Morgan fingerprint density at radius 3 is 2.88 bits per heavy atom. The van der Waals surface area contributed by atoms with E-state index in [1.54, 1.807) is 0 Å². The standard InChI is InChI=1S/C13H22N2O/c1-3-9-14-13(8-11-16-4-2)12-7-5-6-10-15-12/h5-7,10,13-14H,3-4,8-9,11H2,1-2H3. The van der Waals surface area contributed by atoms with Crippen LogP contribution in [0.1, 0.15) is 38.4 Å². The van der Waals surface area contributed by atoms with Crippen molar-refractivity contribution in [1.82, 2.24) is 10.3 Å². The Hall–Kier alpha value is -0.930. The Bertz CT molecular complexity index is 264. The molecule has 1 rings (SSSR count). The quantitative estimate of drug-likeness (QED) is 0.686. The minimum absolute atomic E-state index is 0.313. The van der Waals surface area contributed by atoms with Crippen molar-refractivity contribution < 1.29 is 4.74 Å². The van der Waals surface area contributed by atoms with Gasteiger partial charge in [0.2, 0.25) is 0 Å². The SMILES string of the molecule is CCCNC(CCOCC)c1ccccn1. The molecule has 1 aromatic rings. The molecule has 1 N–H and O–H groups in total. The molecule has 0 aliphatic heterocycles. The normalized spacial score (nSPS) is 12.6. The van der Waals surface area contributed by atoms with Crippen molar-refractivity contribution in [3.05, 3.63) is 30.1 Å². The Morgan fingerprint density at radius 2 is 2.25 bits per heavy atom. The van der Waals surface area contributed by atoms with E-state index < -0.39 is 0 Å². The summed E-state index contributed by atoms with van der Waals surface area (Å²) >= 11 is 0. The zero-order valence-electron chi connectivity index (χ0n) is 10.3. The maximum atomic E-state index is 5.40. The van der Waals surface area contributed by atoms with Crippen molar-refractivity contribution in [1.29, 1.82) is 0 Å². The number of ether oxygens (including phenoxy) is 1. The number of pyridine rings is 1. The van der Waals surface area contributed by atoms with Crippen molar-refractivity contribution in [3.8, 4) is 0 Å². The minimum atomic E-state index is 0.313. The number of nitrogens with zero attached hydrogens (tertiary/aromatic N) is 1. The van der Waals surface area contributed by atoms with Gasteiger partial charge in [-0.25, -0.2) is 0 Å². The second-order valence-electron chi connectivity index (χ2n) is 3.75. The molecule has 3 nitrogen and oxygen atoms in total. The molecule has 1 aromatic heterocycles. The first-order valence-electron chi connectivity index (χ1n) is 6.10. The van der Waals surface area contributed by atoms with Gasteiger partial charge in [0.25, 0.3) is 0 Å². The molecule has 16 heavy (non-hydrogen) atoms. The Labute approximate surface area is 98.2 Å². The minimum Gasteiger partial charge on any atom is -0.382 e. The van der Waals surface area contributed by atoms with Gasteiger partial charge in [0.15, 0.2) is 0 Å². The molecule has 90 valence electrons. The van der Waals surface area contributed by atoms with Gasteiger partial charge in [-0.05, 0) is 38.4 Å². The monoisotopic (exact) mass is 222 g/mol. The lowest BCUT2D eigenvalue weighted by Crippen LogP contribution is -2.24. The Balaban J connectivity index is 2.49. The molecule has 0 radical (unpaired) electrons. The largest absolute Gasteiger partial charge is 0.382 e. The summed E-state index contributed by atoms with van der Waals surface area (Å²) in [5.74, 6) is 0. The van der Waals surface area contributed by atoms with Crippen molar-refractivity contribution in [2.45, 2.75) is 32.7 Å². The molecular formula is C13H22N2O. The van der Waals surface area contributed by atoms with Crippen molar-refractivity contribution in [2.75, 3.05) is 19.8 Å². The first-order valence-corrected chi connectivity index (χ1v) is 6.10. The number of rotatable bonds is 8. The van der Waals surface area contributed by atoms with E-state index in [2.05, 4.69) is 23.3 Å². The van der Waals surface area contributed by atoms with E-state index in [-0.39, 0.29) is 0 Å². The van der Waals surface area contributed by atoms with Gasteiger partial charge in [-0.3, -0.25) is 4.98 Å². The van der Waals surface area contributed by atoms with Gasteiger partial charge < -0.3 is 10.1 Å². The molecule has 1 heterocycles. The summed E-state index contributed by atoms with van der Waals surface area (Å²) in [7, 11) is 0. The van der Waals surface area contributed by atoms with E-state index in [4.69, 9.17) is 4.74 Å². The summed E-state index contributed by atoms with van der Waals surface area (Å²) in [5.41, 5.74) is 1.11. The van der Waals surface area contributed by atoms with Crippen LogP contribution >= 0.6 is 0 Å². The second-order valence-corrected chi connectivity index (χ2v) is 3.75. The third-order valence-corrected chi connectivity index (χ3v) is 2.44. The fraction of sp³-hybridized carbons (Fsp3) is 0.615. The number of nitrogens with one attached hydrogen (secondary N) is 1. The van der Waals surface area contributed by atoms with Crippen LogP contribution in [0.25, 0.3) is 0 Å². The van der Waals surface area contributed by atoms with Gasteiger partial charge in [0.1, 0.15) is 0 Å². The summed E-state index contributed by atoms with van der Waals surface area (Å²) in [5, 5.41) is 3.50. The molecule has 0 saturated carbocycles. The van der Waals surface area contributed by atoms with Gasteiger partial charge in [0.05, 0.1) is 11.7 Å². The van der Waals surface area contributed by atoms with E-state index in [9.17, 15) is 0 Å². The molecule has 1 atom stereocenters. The summed E-state index contributed by atoms with van der Waals surface area (Å²) in [6, 6.07) is 6.36. The van der Waals surface area contributed by atoms with E-state index in [0.29, 0.717) is 6.04 Å². The molecule has 1 unspecified atom stereocenters. The average Bonchev–Trinajstić information content (AvgIpc) is 2.35. The van der Waals surface area contributed by atoms with Crippen LogP contribution in [0.2, 0.25) is 0 Å². The number of aromatic nitrogens is 1. The van der Waals surface area contributed by atoms with Crippen LogP contribution in [0.3, 0.4) is 0 Å². The van der Waals surface area contributed by atoms with Crippen LogP contribution in [-0.4, -0.2) is 24.7 Å². The van der Waals surface area contributed by atoms with Crippen LogP contribution in [0.5, 0.6) is 0 Å². The van der Waals surface area contributed by atoms with Gasteiger partial charge in [-0.2, -0.15) is 0 Å². The third kappa shape index (κ3) is 4.73. The Kier molecular flexibility index (Phi) is 6.77. The molecule has 0 fully saturated rings. The average molecular weight is 222 g/mol. The topological polar surface area (TPSA) is 34.1 Å². The van der Waals surface area contributed by atoms with E-state index >= 15 is 0 Å². The molecule has 0 spiro atoms. The fourth-order valence-electron chi connectivity index (χ4n) is 1.60. The molecular weight excluding hydrogens is 200 g/mol. The van der Waals surface area contributed by atoms with Crippen LogP contribution in [0.15, 0.2) is 24.4 Å². The highest BCUT2D eigenvalue weighted by Crippen LogP contribution is 2.13. The zero-order chi connectivity index (χ0) is 11.6. The molecule has 0 bridgehead atoms. The van der Waals surface area contributed by atoms with Gasteiger partial charge >= 0.3 is 0 Å². The first kappa shape index (κ1) is 13.1. The summed E-state index contributed by atoms with van der Waals surface area (Å²) in [4.78, 5) is 4.39. The predicted molar refractivity (Wildman–Crippen MR) is 66.4 cm³/mol. The lowest BCUT2D eigenvalue weighted by Gasteiger charge is -2.17. The summed E-state index contributed by atoms with van der Waals surface area (Å²) in [6.07, 6.45) is 3.96. The van der Waals surface area contributed by atoms with Crippen LogP contribution < -0.4 is 5.32 Å². The van der Waals surface area contributed by atoms with Gasteiger partial charge in [0, 0.05) is 19.4 Å². The lowest BCUT2D eigenvalue weighted by atomic mass is 10.1. The smallest absolute Gasteiger partial charge is 0.0574 e. The van der Waals surface area contributed by atoms with Crippen LogP contribution in [-0.2, 0) is 4.74 Å². The van der Waals surface area contributed by atoms with Crippen molar-refractivity contribution >= 4 is 0 Å². The van der Waals surface area contributed by atoms with E-state index in [1.807, 2.05) is 25.3 Å². The number of hydrogen-bond donors (Lipinski definition) is 1. The lowest BCUT2D eigenvalue weighted by molar-refractivity contribution is 0.136. The molecule has 3 heteroatoms. The first-order chi connectivity index (χ1) is 7.88. The highest BCUT2D eigenvalue weighted by atomic mass is 16.5. The molecule has 0 aliphatic rings. The predicted octanol–water partition coefficient (Wildman–Crippen LogP) is 2.55. The maximum Gasteiger partial charge on any atom is 0.0574 e. The second kappa shape index (κ2) is 8.25. The van der Waals surface area contributed by atoms with Crippen LogP contribution in [0.4, 0.5) is 0 Å². The molecule has 0 aromatic carbocycles. The summed E-state index contributed by atoms with van der Waals surface area (Å²) in [6.45, 7) is 6.78. The van der Waals surface area contributed by atoms with E-state index in [0.717, 1.165) is 38.3 Å². The molecule has 0 amide bonds. The van der Waals surface area contributed by atoms with Gasteiger partial charge in [-0.15, -0.1) is 0 Å². The fourth-order valence-corrected chi connectivity index (χ4v) is 1.60. The van der Waals surface area contributed by atoms with Gasteiger partial charge in [-0.1, -0.05) is 13.0 Å². The Morgan fingerprint density at radius 1 is 1.38 bits per heavy atom. The van der Waals surface area contributed by atoms with Crippen molar-refractivity contribution in [3.63, 3.8) is 0 Å². The highest BCUT2D eigenvalue weighted by molar-refractivity contribution is 5.08. The molecule has 0 aliphatic carbocycles. The highest BCUT2D eigenvalue weighted by Gasteiger charge is 2.10.